The molecule has 1 amide bonds. The lowest BCUT2D eigenvalue weighted by Gasteiger charge is -2.27. The normalized spacial score (nSPS) is 19.4. The second-order valence-electron chi connectivity index (χ2n) is 4.87. The van der Waals surface area contributed by atoms with Gasteiger partial charge in [0.25, 0.3) is 5.91 Å². The number of phenolic OH excluding ortho intramolecular Hbond substituents is 1. The number of halogens is 1. The van der Waals surface area contributed by atoms with E-state index < -0.39 is 23.7 Å². The number of rotatable bonds is 2. The zero-order valence-electron chi connectivity index (χ0n) is 10.9. The van der Waals surface area contributed by atoms with Gasteiger partial charge in [0.15, 0.2) is 0 Å². The first-order valence-electron chi connectivity index (χ1n) is 6.53. The Labute approximate surface area is 115 Å². The van der Waals surface area contributed by atoms with E-state index in [2.05, 4.69) is 0 Å². The van der Waals surface area contributed by atoms with Crippen LogP contribution in [-0.4, -0.2) is 39.6 Å². The Bertz CT molecular complexity index is 532. The van der Waals surface area contributed by atoms with Gasteiger partial charge in [-0.15, -0.1) is 0 Å². The fourth-order valence-electron chi connectivity index (χ4n) is 2.44. The summed E-state index contributed by atoms with van der Waals surface area (Å²) in [7, 11) is 0. The lowest BCUT2D eigenvalue weighted by molar-refractivity contribution is -0.142. The molecular weight excluding hydrogens is 265 g/mol. The molecule has 5 nitrogen and oxygen atoms in total. The van der Waals surface area contributed by atoms with E-state index in [4.69, 9.17) is 5.11 Å². The molecule has 1 saturated heterocycles. The lowest BCUT2D eigenvalue weighted by Crippen LogP contribution is -2.44. The van der Waals surface area contributed by atoms with E-state index in [1.54, 1.807) is 0 Å². The van der Waals surface area contributed by atoms with Crippen molar-refractivity contribution in [1.82, 2.24) is 4.90 Å². The number of nitrogens with zero attached hydrogens (tertiary/aromatic N) is 1. The number of carbonyl (C=O) groups excluding carboxylic acids is 1. The van der Waals surface area contributed by atoms with E-state index in [1.807, 2.05) is 0 Å². The number of carbonyl (C=O) groups is 2. The SMILES string of the molecule is O=C(O)C1CCCCCN1C(=O)c1ccc(O)cc1F. The molecule has 6 heteroatoms. The number of benzene rings is 1. The van der Waals surface area contributed by atoms with Gasteiger partial charge in [0.1, 0.15) is 17.6 Å². The molecule has 2 rings (SSSR count). The molecule has 1 unspecified atom stereocenters. The number of carboxylic acids is 1. The second kappa shape index (κ2) is 5.90. The maximum absolute atomic E-state index is 13.7. The van der Waals surface area contributed by atoms with E-state index in [-0.39, 0.29) is 11.3 Å². The molecule has 0 bridgehead atoms. The van der Waals surface area contributed by atoms with Crippen molar-refractivity contribution >= 4 is 11.9 Å². The smallest absolute Gasteiger partial charge is 0.326 e. The van der Waals surface area contributed by atoms with Crippen molar-refractivity contribution in [2.24, 2.45) is 0 Å². The van der Waals surface area contributed by atoms with Crippen LogP contribution in [0.4, 0.5) is 4.39 Å². The fourth-order valence-corrected chi connectivity index (χ4v) is 2.44. The largest absolute Gasteiger partial charge is 0.508 e. The highest BCUT2D eigenvalue weighted by atomic mass is 19.1. The molecule has 0 radical (unpaired) electrons. The molecule has 1 fully saturated rings. The first-order chi connectivity index (χ1) is 9.50. The summed E-state index contributed by atoms with van der Waals surface area (Å²) in [4.78, 5) is 24.8. The molecule has 108 valence electrons. The molecule has 2 N–H and O–H groups in total. The van der Waals surface area contributed by atoms with Crippen LogP contribution in [0.25, 0.3) is 0 Å². The van der Waals surface area contributed by atoms with Gasteiger partial charge in [-0.25, -0.2) is 9.18 Å². The Kier molecular flexibility index (Phi) is 4.22. The molecule has 1 aliphatic rings. The predicted octanol–water partition coefficient (Wildman–Crippen LogP) is 2.00. The minimum Gasteiger partial charge on any atom is -0.508 e. The average Bonchev–Trinajstić information content (AvgIpc) is 2.63. The summed E-state index contributed by atoms with van der Waals surface area (Å²) in [5.74, 6) is -2.83. The lowest BCUT2D eigenvalue weighted by atomic mass is 10.1. The fraction of sp³-hybridized carbons (Fsp3) is 0.429. The molecular formula is C14H16FNO4. The van der Waals surface area contributed by atoms with Crippen molar-refractivity contribution in [1.29, 1.82) is 0 Å². The topological polar surface area (TPSA) is 77.8 Å². The van der Waals surface area contributed by atoms with Gasteiger partial charge in [-0.1, -0.05) is 12.8 Å². The monoisotopic (exact) mass is 281 g/mol. The molecule has 20 heavy (non-hydrogen) atoms. The zero-order valence-corrected chi connectivity index (χ0v) is 10.9. The second-order valence-corrected chi connectivity index (χ2v) is 4.87. The number of aromatic hydroxyl groups is 1. The Hall–Kier alpha value is -2.11. The number of likely N-dealkylation sites (tertiary alicyclic amines) is 1. The van der Waals surface area contributed by atoms with Crippen LogP contribution in [0.5, 0.6) is 5.75 Å². The number of phenols is 1. The van der Waals surface area contributed by atoms with Gasteiger partial charge < -0.3 is 15.1 Å². The van der Waals surface area contributed by atoms with E-state index in [9.17, 15) is 19.1 Å². The standard InChI is InChI=1S/C14H16FNO4/c15-11-8-9(17)5-6-10(11)13(18)16-7-3-1-2-4-12(16)14(19)20/h5-6,8,12,17H,1-4,7H2,(H,19,20). The molecule has 0 aliphatic carbocycles. The third-order valence-electron chi connectivity index (χ3n) is 3.48. The van der Waals surface area contributed by atoms with Gasteiger partial charge in [-0.2, -0.15) is 0 Å². The Morgan fingerprint density at radius 3 is 2.65 bits per heavy atom. The summed E-state index contributed by atoms with van der Waals surface area (Å²) < 4.78 is 13.7. The summed E-state index contributed by atoms with van der Waals surface area (Å²) in [5.41, 5.74) is -0.212. The maximum atomic E-state index is 13.7. The van der Waals surface area contributed by atoms with E-state index in [1.165, 1.54) is 17.0 Å². The van der Waals surface area contributed by atoms with Crippen molar-refractivity contribution < 1.29 is 24.2 Å². The predicted molar refractivity (Wildman–Crippen MR) is 69.0 cm³/mol. The highest BCUT2D eigenvalue weighted by Gasteiger charge is 2.32. The van der Waals surface area contributed by atoms with Gasteiger partial charge >= 0.3 is 5.97 Å². The van der Waals surface area contributed by atoms with Gasteiger partial charge in [0, 0.05) is 12.6 Å². The summed E-state index contributed by atoms with van der Waals surface area (Å²) in [6.07, 6.45) is 2.67. The van der Waals surface area contributed by atoms with Crippen LogP contribution in [-0.2, 0) is 4.79 Å². The zero-order chi connectivity index (χ0) is 14.7. The molecule has 1 aliphatic heterocycles. The highest BCUT2D eigenvalue weighted by molar-refractivity contribution is 5.97. The van der Waals surface area contributed by atoms with Crippen molar-refractivity contribution in [2.45, 2.75) is 31.7 Å². The van der Waals surface area contributed by atoms with Gasteiger partial charge in [0.05, 0.1) is 5.56 Å². The number of carboxylic acid groups (broad SMARTS) is 1. The van der Waals surface area contributed by atoms with Gasteiger partial charge in [-0.05, 0) is 25.0 Å². The Balaban J connectivity index is 2.31. The highest BCUT2D eigenvalue weighted by Crippen LogP contribution is 2.22. The molecule has 1 heterocycles. The minimum atomic E-state index is -1.07. The van der Waals surface area contributed by atoms with Crippen molar-refractivity contribution in [3.05, 3.63) is 29.6 Å². The van der Waals surface area contributed by atoms with Crippen LogP contribution in [0, 0.1) is 5.82 Å². The number of aliphatic carboxylic acids is 1. The molecule has 0 spiro atoms. The van der Waals surface area contributed by atoms with Crippen LogP contribution in [0.3, 0.4) is 0 Å². The number of hydrogen-bond donors (Lipinski definition) is 2. The van der Waals surface area contributed by atoms with Crippen molar-refractivity contribution in [3.8, 4) is 5.75 Å². The van der Waals surface area contributed by atoms with Crippen LogP contribution >= 0.6 is 0 Å². The van der Waals surface area contributed by atoms with Crippen LogP contribution in [0.2, 0.25) is 0 Å². The molecule has 0 saturated carbocycles. The summed E-state index contributed by atoms with van der Waals surface area (Å²) >= 11 is 0. The number of hydrogen-bond acceptors (Lipinski definition) is 3. The number of amides is 1. The molecule has 0 aromatic heterocycles. The van der Waals surface area contributed by atoms with Gasteiger partial charge in [-0.3, -0.25) is 4.79 Å². The minimum absolute atomic E-state index is 0.212. The van der Waals surface area contributed by atoms with Crippen LogP contribution in [0.15, 0.2) is 18.2 Å². The summed E-state index contributed by atoms with van der Waals surface area (Å²) in [6.45, 7) is 0.302. The first-order valence-corrected chi connectivity index (χ1v) is 6.53. The Morgan fingerprint density at radius 1 is 1.25 bits per heavy atom. The molecule has 1 aromatic rings. The first kappa shape index (κ1) is 14.3. The molecule has 1 atom stereocenters. The third-order valence-corrected chi connectivity index (χ3v) is 3.48. The summed E-state index contributed by atoms with van der Waals surface area (Å²) in [5, 5.41) is 18.4. The van der Waals surface area contributed by atoms with E-state index >= 15 is 0 Å². The molecule has 1 aromatic carbocycles. The van der Waals surface area contributed by atoms with Crippen LogP contribution in [0.1, 0.15) is 36.0 Å². The summed E-state index contributed by atoms with van der Waals surface area (Å²) in [6, 6.07) is 2.32. The van der Waals surface area contributed by atoms with Crippen LogP contribution < -0.4 is 0 Å². The van der Waals surface area contributed by atoms with E-state index in [0.29, 0.717) is 19.4 Å². The quantitative estimate of drug-likeness (QED) is 0.869. The third kappa shape index (κ3) is 2.89. The van der Waals surface area contributed by atoms with Gasteiger partial charge in [0.2, 0.25) is 0 Å². The maximum Gasteiger partial charge on any atom is 0.326 e. The van der Waals surface area contributed by atoms with Crippen molar-refractivity contribution in [3.63, 3.8) is 0 Å². The average molecular weight is 281 g/mol. The van der Waals surface area contributed by atoms with E-state index in [0.717, 1.165) is 18.9 Å². The Morgan fingerprint density at radius 2 is 2.00 bits per heavy atom. The van der Waals surface area contributed by atoms with Crippen molar-refractivity contribution in [2.75, 3.05) is 6.54 Å².